The van der Waals surface area contributed by atoms with Crippen molar-refractivity contribution in [2.24, 2.45) is 5.73 Å². The number of halogens is 1. The molecular formula is C8H11BrN2O. The Bertz CT molecular complexity index is 312. The summed E-state index contributed by atoms with van der Waals surface area (Å²) in [4.78, 5) is 3.93. The van der Waals surface area contributed by atoms with E-state index >= 15 is 0 Å². The lowest BCUT2D eigenvalue weighted by Crippen LogP contribution is -2.03. The van der Waals surface area contributed by atoms with Gasteiger partial charge in [0.25, 0.3) is 0 Å². The van der Waals surface area contributed by atoms with E-state index < -0.39 is 0 Å². The third-order valence-corrected chi connectivity index (χ3v) is 3.02. The molecule has 0 saturated carbocycles. The average molecular weight is 231 g/mol. The Morgan fingerprint density at radius 2 is 2.08 bits per heavy atom. The van der Waals surface area contributed by atoms with Crippen LogP contribution in [0.5, 0.6) is 5.88 Å². The number of aryl methyl sites for hydroxylation is 1. The fourth-order valence-electron chi connectivity index (χ4n) is 1.09. The third kappa shape index (κ3) is 1.44. The summed E-state index contributed by atoms with van der Waals surface area (Å²) in [7, 11) is 0. The SMILES string of the molecule is Cc1nc(O)c(CN)c(C)c1Br. The molecule has 0 radical (unpaired) electrons. The first-order chi connectivity index (χ1) is 5.57. The molecule has 12 heavy (non-hydrogen) atoms. The van der Waals surface area contributed by atoms with Crippen molar-refractivity contribution in [3.05, 3.63) is 21.3 Å². The summed E-state index contributed by atoms with van der Waals surface area (Å²) >= 11 is 3.38. The molecule has 0 atom stereocenters. The van der Waals surface area contributed by atoms with E-state index in [0.29, 0.717) is 12.1 Å². The van der Waals surface area contributed by atoms with Crippen LogP contribution in [0, 0.1) is 13.8 Å². The number of hydrogen-bond donors (Lipinski definition) is 2. The molecule has 0 saturated heterocycles. The summed E-state index contributed by atoms with van der Waals surface area (Å²) in [5, 5.41) is 9.38. The highest BCUT2D eigenvalue weighted by atomic mass is 79.9. The molecule has 1 heterocycles. The molecular weight excluding hydrogens is 220 g/mol. The van der Waals surface area contributed by atoms with Crippen molar-refractivity contribution >= 4 is 15.9 Å². The van der Waals surface area contributed by atoms with Crippen LogP contribution in [0.1, 0.15) is 16.8 Å². The first kappa shape index (κ1) is 9.48. The van der Waals surface area contributed by atoms with Gasteiger partial charge in [-0.25, -0.2) is 4.98 Å². The first-order valence-electron chi connectivity index (χ1n) is 3.62. The zero-order valence-electron chi connectivity index (χ0n) is 7.06. The highest BCUT2D eigenvalue weighted by molar-refractivity contribution is 9.10. The van der Waals surface area contributed by atoms with Crippen LogP contribution in [0.25, 0.3) is 0 Å². The Labute approximate surface area is 79.7 Å². The van der Waals surface area contributed by atoms with Gasteiger partial charge in [-0.2, -0.15) is 0 Å². The normalized spacial score (nSPS) is 10.3. The zero-order valence-corrected chi connectivity index (χ0v) is 8.64. The Balaban J connectivity index is 3.40. The molecule has 3 nitrogen and oxygen atoms in total. The second-order valence-corrected chi connectivity index (χ2v) is 3.44. The smallest absolute Gasteiger partial charge is 0.215 e. The van der Waals surface area contributed by atoms with Crippen molar-refractivity contribution in [3.8, 4) is 5.88 Å². The maximum absolute atomic E-state index is 9.38. The summed E-state index contributed by atoms with van der Waals surface area (Å²) in [6, 6.07) is 0. The zero-order chi connectivity index (χ0) is 9.30. The van der Waals surface area contributed by atoms with Crippen LogP contribution < -0.4 is 5.73 Å². The van der Waals surface area contributed by atoms with E-state index in [1.807, 2.05) is 13.8 Å². The van der Waals surface area contributed by atoms with Crippen LogP contribution >= 0.6 is 15.9 Å². The minimum absolute atomic E-state index is 0.0377. The van der Waals surface area contributed by atoms with Gasteiger partial charge in [-0.1, -0.05) is 0 Å². The maximum Gasteiger partial charge on any atom is 0.215 e. The van der Waals surface area contributed by atoms with E-state index in [0.717, 1.165) is 15.7 Å². The quantitative estimate of drug-likeness (QED) is 0.772. The molecule has 4 heteroatoms. The lowest BCUT2D eigenvalue weighted by Gasteiger charge is -2.08. The van der Waals surface area contributed by atoms with Crippen LogP contribution in [0.2, 0.25) is 0 Å². The number of hydrogen-bond acceptors (Lipinski definition) is 3. The molecule has 0 aliphatic heterocycles. The van der Waals surface area contributed by atoms with Gasteiger partial charge in [-0.05, 0) is 35.3 Å². The van der Waals surface area contributed by atoms with Crippen molar-refractivity contribution in [2.75, 3.05) is 0 Å². The molecule has 0 amide bonds. The van der Waals surface area contributed by atoms with Gasteiger partial charge in [0.2, 0.25) is 5.88 Å². The number of nitrogens with zero attached hydrogens (tertiary/aromatic N) is 1. The van der Waals surface area contributed by atoms with Crippen molar-refractivity contribution in [1.82, 2.24) is 4.98 Å². The summed E-state index contributed by atoms with van der Waals surface area (Å²) in [6.07, 6.45) is 0. The first-order valence-corrected chi connectivity index (χ1v) is 4.41. The number of aromatic hydroxyl groups is 1. The number of rotatable bonds is 1. The number of nitrogens with two attached hydrogens (primary N) is 1. The van der Waals surface area contributed by atoms with E-state index in [1.54, 1.807) is 0 Å². The van der Waals surface area contributed by atoms with E-state index in [1.165, 1.54) is 0 Å². The highest BCUT2D eigenvalue weighted by Gasteiger charge is 2.10. The molecule has 1 aromatic heterocycles. The predicted octanol–water partition coefficient (Wildman–Crippen LogP) is 1.63. The lowest BCUT2D eigenvalue weighted by atomic mass is 10.1. The minimum atomic E-state index is 0.0377. The second kappa shape index (κ2) is 3.41. The predicted molar refractivity (Wildman–Crippen MR) is 51.0 cm³/mol. The third-order valence-electron chi connectivity index (χ3n) is 1.85. The van der Waals surface area contributed by atoms with Crippen molar-refractivity contribution < 1.29 is 5.11 Å². The van der Waals surface area contributed by atoms with Crippen LogP contribution in [0.3, 0.4) is 0 Å². The second-order valence-electron chi connectivity index (χ2n) is 2.64. The number of pyridine rings is 1. The Kier molecular flexibility index (Phi) is 2.69. The van der Waals surface area contributed by atoms with Gasteiger partial charge in [0.1, 0.15) is 0 Å². The molecule has 1 rings (SSSR count). The van der Waals surface area contributed by atoms with Crippen LogP contribution in [-0.2, 0) is 6.54 Å². The van der Waals surface area contributed by atoms with Crippen molar-refractivity contribution in [2.45, 2.75) is 20.4 Å². The monoisotopic (exact) mass is 230 g/mol. The fourth-order valence-corrected chi connectivity index (χ4v) is 1.42. The largest absolute Gasteiger partial charge is 0.493 e. The van der Waals surface area contributed by atoms with Crippen LogP contribution in [0.15, 0.2) is 4.47 Å². The summed E-state index contributed by atoms with van der Waals surface area (Å²) in [5.41, 5.74) is 7.89. The number of aromatic nitrogens is 1. The van der Waals surface area contributed by atoms with E-state index in [9.17, 15) is 5.11 Å². The molecule has 0 spiro atoms. The Morgan fingerprint density at radius 1 is 1.50 bits per heavy atom. The van der Waals surface area contributed by atoms with Gasteiger partial charge in [0.05, 0.1) is 5.69 Å². The molecule has 0 fully saturated rings. The molecule has 0 bridgehead atoms. The summed E-state index contributed by atoms with van der Waals surface area (Å²) in [5.74, 6) is 0.0377. The van der Waals surface area contributed by atoms with E-state index in [2.05, 4.69) is 20.9 Å². The summed E-state index contributed by atoms with van der Waals surface area (Å²) in [6.45, 7) is 4.04. The van der Waals surface area contributed by atoms with Gasteiger partial charge in [0, 0.05) is 16.6 Å². The van der Waals surface area contributed by atoms with Gasteiger partial charge < -0.3 is 10.8 Å². The van der Waals surface area contributed by atoms with Gasteiger partial charge in [0.15, 0.2) is 0 Å². The van der Waals surface area contributed by atoms with Crippen LogP contribution in [0.4, 0.5) is 0 Å². The van der Waals surface area contributed by atoms with Crippen molar-refractivity contribution in [3.63, 3.8) is 0 Å². The average Bonchev–Trinajstić information content (AvgIpc) is 2.01. The molecule has 0 unspecified atom stereocenters. The molecule has 3 N–H and O–H groups in total. The van der Waals surface area contributed by atoms with E-state index in [4.69, 9.17) is 5.73 Å². The lowest BCUT2D eigenvalue weighted by molar-refractivity contribution is 0.443. The summed E-state index contributed by atoms with van der Waals surface area (Å²) < 4.78 is 0.917. The Hall–Kier alpha value is -0.610. The van der Waals surface area contributed by atoms with Crippen LogP contribution in [-0.4, -0.2) is 10.1 Å². The van der Waals surface area contributed by atoms with Gasteiger partial charge in [-0.3, -0.25) is 0 Å². The molecule has 0 aromatic carbocycles. The molecule has 66 valence electrons. The highest BCUT2D eigenvalue weighted by Crippen LogP contribution is 2.27. The molecule has 0 aliphatic carbocycles. The topological polar surface area (TPSA) is 59.1 Å². The van der Waals surface area contributed by atoms with Gasteiger partial charge >= 0.3 is 0 Å². The van der Waals surface area contributed by atoms with Gasteiger partial charge in [-0.15, -0.1) is 0 Å². The molecule has 0 aliphatic rings. The maximum atomic E-state index is 9.38. The fraction of sp³-hybridized carbons (Fsp3) is 0.375. The Morgan fingerprint density at radius 3 is 2.58 bits per heavy atom. The van der Waals surface area contributed by atoms with Crippen molar-refractivity contribution in [1.29, 1.82) is 0 Å². The minimum Gasteiger partial charge on any atom is -0.493 e. The standard InChI is InChI=1S/C8H11BrN2O/c1-4-6(3-10)8(12)11-5(2)7(4)9/h3,10H2,1-2H3,(H,11,12). The van der Waals surface area contributed by atoms with E-state index in [-0.39, 0.29) is 5.88 Å². The molecule has 1 aromatic rings.